The monoisotopic (exact) mass is 395 g/mol. The summed E-state index contributed by atoms with van der Waals surface area (Å²) in [6.45, 7) is 1.22. The molecular weight excluding hydrogens is 382 g/mol. The molecule has 0 N–H and O–H groups in total. The molecule has 0 radical (unpaired) electrons. The van der Waals surface area contributed by atoms with Gasteiger partial charge in [0, 0.05) is 22.9 Å². The van der Waals surface area contributed by atoms with Crippen LogP contribution in [-0.2, 0) is 10.0 Å². The number of hydrogen-bond acceptors (Lipinski definition) is 2. The Morgan fingerprint density at radius 1 is 1.22 bits per heavy atom. The average molecular weight is 397 g/mol. The summed E-state index contributed by atoms with van der Waals surface area (Å²) in [7, 11) is -3.35. The van der Waals surface area contributed by atoms with Gasteiger partial charge < -0.3 is 0 Å². The minimum absolute atomic E-state index is 0.363. The third kappa shape index (κ3) is 2.98. The number of alkyl halides is 1. The summed E-state index contributed by atoms with van der Waals surface area (Å²) in [5.74, 6) is 0.593. The van der Waals surface area contributed by atoms with Crippen LogP contribution in [0.5, 0.6) is 0 Å². The zero-order valence-corrected chi connectivity index (χ0v) is 13.8. The second kappa shape index (κ2) is 6.03. The van der Waals surface area contributed by atoms with E-state index in [2.05, 4.69) is 31.9 Å². The lowest BCUT2D eigenvalue weighted by Crippen LogP contribution is -2.38. The summed E-state index contributed by atoms with van der Waals surface area (Å²) in [5.41, 5.74) is 0. The van der Waals surface area contributed by atoms with Crippen molar-refractivity contribution in [2.75, 3.05) is 18.4 Å². The van der Waals surface area contributed by atoms with Gasteiger partial charge in [-0.2, -0.15) is 4.31 Å². The van der Waals surface area contributed by atoms with Crippen molar-refractivity contribution in [3.05, 3.63) is 28.7 Å². The molecule has 100 valence electrons. The first-order chi connectivity index (χ1) is 8.55. The first-order valence-corrected chi connectivity index (χ1v) is 9.22. The molecule has 0 unspecified atom stereocenters. The van der Waals surface area contributed by atoms with Gasteiger partial charge in [0.15, 0.2) is 0 Å². The third-order valence-corrected chi connectivity index (χ3v) is 7.07. The van der Waals surface area contributed by atoms with Gasteiger partial charge in [-0.3, -0.25) is 0 Å². The smallest absolute Gasteiger partial charge is 0.207 e. The lowest BCUT2D eigenvalue weighted by molar-refractivity contribution is 0.292. The quantitative estimate of drug-likeness (QED) is 0.735. The number of hydrogen-bond donors (Lipinski definition) is 0. The largest absolute Gasteiger partial charge is 0.244 e. The predicted octanol–water partition coefficient (Wildman–Crippen LogP) is 3.24. The van der Waals surface area contributed by atoms with Crippen LogP contribution >= 0.6 is 31.9 Å². The van der Waals surface area contributed by atoms with Crippen molar-refractivity contribution >= 4 is 41.9 Å². The maximum atomic E-state index is 12.5. The number of nitrogens with zero attached hydrogens (tertiary/aromatic N) is 1. The van der Waals surface area contributed by atoms with E-state index in [0.717, 1.165) is 18.2 Å². The van der Waals surface area contributed by atoms with Crippen LogP contribution in [0.1, 0.15) is 12.8 Å². The minimum Gasteiger partial charge on any atom is -0.207 e. The highest BCUT2D eigenvalue weighted by Gasteiger charge is 2.30. The maximum absolute atomic E-state index is 12.5. The summed E-state index contributed by atoms with van der Waals surface area (Å²) in [6.07, 6.45) is 1.85. The van der Waals surface area contributed by atoms with Crippen molar-refractivity contribution in [1.29, 1.82) is 0 Å². The lowest BCUT2D eigenvalue weighted by Gasteiger charge is -2.30. The normalized spacial score (nSPS) is 19.0. The van der Waals surface area contributed by atoms with E-state index in [1.54, 1.807) is 22.5 Å². The Balaban J connectivity index is 2.20. The summed E-state index contributed by atoms with van der Waals surface area (Å²) in [6, 6.07) is 6.98. The zero-order valence-electron chi connectivity index (χ0n) is 9.85. The van der Waals surface area contributed by atoms with Crippen molar-refractivity contribution in [3.8, 4) is 0 Å². The van der Waals surface area contributed by atoms with Gasteiger partial charge >= 0.3 is 0 Å². The van der Waals surface area contributed by atoms with Gasteiger partial charge in [0.05, 0.1) is 4.90 Å². The van der Waals surface area contributed by atoms with Crippen LogP contribution in [0.15, 0.2) is 33.6 Å². The molecule has 0 saturated carbocycles. The Hall–Kier alpha value is 0.0900. The van der Waals surface area contributed by atoms with Crippen LogP contribution in [0.25, 0.3) is 0 Å². The Morgan fingerprint density at radius 2 is 1.83 bits per heavy atom. The summed E-state index contributed by atoms with van der Waals surface area (Å²) >= 11 is 6.77. The summed E-state index contributed by atoms with van der Waals surface area (Å²) in [4.78, 5) is 0.363. The number of rotatable bonds is 3. The molecule has 0 spiro atoms. The molecule has 1 aromatic rings. The predicted molar refractivity (Wildman–Crippen MR) is 79.4 cm³/mol. The first kappa shape index (κ1) is 14.5. The van der Waals surface area contributed by atoms with E-state index in [-0.39, 0.29) is 0 Å². The standard InChI is InChI=1S/C12H15Br2NO2S/c13-9-10-5-7-15(8-6-10)18(16,17)12-4-2-1-3-11(12)14/h1-4,10H,5-9H2. The molecule has 0 atom stereocenters. The second-order valence-corrected chi connectivity index (χ2v) is 7.84. The lowest BCUT2D eigenvalue weighted by atomic mass is 10.0. The van der Waals surface area contributed by atoms with Crippen LogP contribution in [0, 0.1) is 5.92 Å². The highest BCUT2D eigenvalue weighted by atomic mass is 79.9. The van der Waals surface area contributed by atoms with Gasteiger partial charge in [-0.05, 0) is 46.8 Å². The SMILES string of the molecule is O=S(=O)(c1ccccc1Br)N1CCC(CBr)CC1. The van der Waals surface area contributed by atoms with E-state index >= 15 is 0 Å². The molecule has 1 heterocycles. The molecule has 1 saturated heterocycles. The molecule has 3 nitrogen and oxygen atoms in total. The fraction of sp³-hybridized carbons (Fsp3) is 0.500. The number of piperidine rings is 1. The molecular formula is C12H15Br2NO2S. The van der Waals surface area contributed by atoms with Gasteiger partial charge in [0.1, 0.15) is 0 Å². The molecule has 2 rings (SSSR count). The number of benzene rings is 1. The van der Waals surface area contributed by atoms with E-state index in [0.29, 0.717) is 28.4 Å². The number of halogens is 2. The van der Waals surface area contributed by atoms with Crippen molar-refractivity contribution in [2.45, 2.75) is 17.7 Å². The average Bonchev–Trinajstić information content (AvgIpc) is 2.39. The van der Waals surface area contributed by atoms with E-state index < -0.39 is 10.0 Å². The van der Waals surface area contributed by atoms with Gasteiger partial charge in [-0.15, -0.1) is 0 Å². The molecule has 18 heavy (non-hydrogen) atoms. The number of sulfonamides is 1. The first-order valence-electron chi connectivity index (χ1n) is 5.86. The molecule has 0 aromatic heterocycles. The van der Waals surface area contributed by atoms with Crippen molar-refractivity contribution in [2.24, 2.45) is 5.92 Å². The van der Waals surface area contributed by atoms with Gasteiger partial charge in [-0.1, -0.05) is 28.1 Å². The van der Waals surface area contributed by atoms with Crippen LogP contribution in [0.3, 0.4) is 0 Å². The van der Waals surface area contributed by atoms with Crippen molar-refractivity contribution in [3.63, 3.8) is 0 Å². The van der Waals surface area contributed by atoms with Crippen LogP contribution in [0.2, 0.25) is 0 Å². The molecule has 1 fully saturated rings. The highest BCUT2D eigenvalue weighted by Crippen LogP contribution is 2.28. The second-order valence-electron chi connectivity index (χ2n) is 4.43. The fourth-order valence-electron chi connectivity index (χ4n) is 2.10. The molecule has 1 aliphatic rings. The molecule has 1 aliphatic heterocycles. The Bertz CT molecular complexity index is 511. The Kier molecular flexibility index (Phi) is 4.86. The van der Waals surface area contributed by atoms with Gasteiger partial charge in [0.2, 0.25) is 10.0 Å². The van der Waals surface area contributed by atoms with Crippen LogP contribution in [0.4, 0.5) is 0 Å². The maximum Gasteiger partial charge on any atom is 0.244 e. The molecule has 0 bridgehead atoms. The fourth-order valence-corrected chi connectivity index (χ4v) is 5.18. The summed E-state index contributed by atoms with van der Waals surface area (Å²) < 4.78 is 27.2. The van der Waals surface area contributed by atoms with Crippen molar-refractivity contribution in [1.82, 2.24) is 4.31 Å². The Morgan fingerprint density at radius 3 is 2.39 bits per heavy atom. The van der Waals surface area contributed by atoms with Crippen LogP contribution in [-0.4, -0.2) is 31.1 Å². The molecule has 0 aliphatic carbocycles. The minimum atomic E-state index is -3.35. The van der Waals surface area contributed by atoms with Gasteiger partial charge in [0.25, 0.3) is 0 Å². The van der Waals surface area contributed by atoms with Crippen molar-refractivity contribution < 1.29 is 8.42 Å². The van der Waals surface area contributed by atoms with Gasteiger partial charge in [-0.25, -0.2) is 8.42 Å². The van der Waals surface area contributed by atoms with Crippen LogP contribution < -0.4 is 0 Å². The molecule has 6 heteroatoms. The third-order valence-electron chi connectivity index (χ3n) is 3.25. The zero-order chi connectivity index (χ0) is 13.2. The Labute approximate surface area is 125 Å². The summed E-state index contributed by atoms with van der Waals surface area (Å²) in [5, 5.41) is 0.954. The van der Waals surface area contributed by atoms with E-state index in [1.165, 1.54) is 0 Å². The molecule has 0 amide bonds. The highest BCUT2D eigenvalue weighted by molar-refractivity contribution is 9.10. The van der Waals surface area contributed by atoms with E-state index in [1.807, 2.05) is 6.07 Å². The molecule has 1 aromatic carbocycles. The van der Waals surface area contributed by atoms with E-state index in [9.17, 15) is 8.42 Å². The van der Waals surface area contributed by atoms with E-state index in [4.69, 9.17) is 0 Å². The topological polar surface area (TPSA) is 37.4 Å².